The molecule has 0 fully saturated rings. The summed E-state index contributed by atoms with van der Waals surface area (Å²) in [5.74, 6) is 0.424. The van der Waals surface area contributed by atoms with Crippen LogP contribution in [0.1, 0.15) is 5.76 Å². The SMILES string of the molecule is O=C(CSc1nc2cc(Cl)ccc2c(=O)n1Cc1ccco1)Nc1cccc(Cl)c1. The van der Waals surface area contributed by atoms with Gasteiger partial charge in [-0.3, -0.25) is 14.2 Å². The number of amides is 1. The summed E-state index contributed by atoms with van der Waals surface area (Å²) in [5.41, 5.74) is 0.839. The molecule has 0 radical (unpaired) electrons. The minimum atomic E-state index is -0.243. The second kappa shape index (κ2) is 8.95. The number of nitrogens with one attached hydrogen (secondary N) is 1. The van der Waals surface area contributed by atoms with Crippen molar-refractivity contribution >= 4 is 57.5 Å². The van der Waals surface area contributed by atoms with Gasteiger partial charge in [0.25, 0.3) is 5.56 Å². The van der Waals surface area contributed by atoms with Crippen LogP contribution in [0.5, 0.6) is 0 Å². The molecule has 30 heavy (non-hydrogen) atoms. The van der Waals surface area contributed by atoms with Crippen LogP contribution >= 0.6 is 35.0 Å². The van der Waals surface area contributed by atoms with Gasteiger partial charge in [-0.1, -0.05) is 41.0 Å². The Kier molecular flexibility index (Phi) is 6.13. The van der Waals surface area contributed by atoms with Crippen molar-refractivity contribution in [2.24, 2.45) is 0 Å². The maximum absolute atomic E-state index is 13.1. The highest BCUT2D eigenvalue weighted by molar-refractivity contribution is 7.99. The smallest absolute Gasteiger partial charge is 0.262 e. The van der Waals surface area contributed by atoms with Crippen molar-refractivity contribution in [1.29, 1.82) is 0 Å². The lowest BCUT2D eigenvalue weighted by molar-refractivity contribution is -0.113. The number of carbonyl (C=O) groups is 1. The number of aromatic nitrogens is 2. The van der Waals surface area contributed by atoms with Crippen LogP contribution in [-0.4, -0.2) is 21.2 Å². The molecule has 0 unspecified atom stereocenters. The van der Waals surface area contributed by atoms with E-state index >= 15 is 0 Å². The molecule has 1 N–H and O–H groups in total. The molecule has 0 aliphatic rings. The summed E-state index contributed by atoms with van der Waals surface area (Å²) >= 11 is 13.2. The van der Waals surface area contributed by atoms with Crippen molar-refractivity contribution in [3.8, 4) is 0 Å². The Bertz CT molecular complexity index is 1270. The lowest BCUT2D eigenvalue weighted by Gasteiger charge is -2.12. The summed E-state index contributed by atoms with van der Waals surface area (Å²) in [6, 6.07) is 15.3. The van der Waals surface area contributed by atoms with Crippen molar-refractivity contribution in [2.45, 2.75) is 11.7 Å². The number of benzene rings is 2. The van der Waals surface area contributed by atoms with Gasteiger partial charge < -0.3 is 9.73 Å². The van der Waals surface area contributed by atoms with Gasteiger partial charge >= 0.3 is 0 Å². The Labute approximate surface area is 185 Å². The molecule has 0 saturated heterocycles. The Morgan fingerprint density at radius 2 is 1.93 bits per heavy atom. The first-order valence-electron chi connectivity index (χ1n) is 8.90. The zero-order valence-corrected chi connectivity index (χ0v) is 17.8. The van der Waals surface area contributed by atoms with Crippen LogP contribution in [0.4, 0.5) is 5.69 Å². The Hall–Kier alpha value is -2.74. The first-order chi connectivity index (χ1) is 14.5. The number of furan rings is 1. The molecule has 9 heteroatoms. The fraction of sp³-hybridized carbons (Fsp3) is 0.0952. The number of nitrogens with zero attached hydrogens (tertiary/aromatic N) is 2. The van der Waals surface area contributed by atoms with E-state index in [0.717, 1.165) is 11.8 Å². The average molecular weight is 460 g/mol. The van der Waals surface area contributed by atoms with Gasteiger partial charge in [0.05, 0.1) is 29.5 Å². The maximum atomic E-state index is 13.1. The predicted molar refractivity (Wildman–Crippen MR) is 120 cm³/mol. The highest BCUT2D eigenvalue weighted by Gasteiger charge is 2.15. The van der Waals surface area contributed by atoms with E-state index in [0.29, 0.717) is 37.6 Å². The third-order valence-corrected chi connectivity index (χ3v) is 5.66. The van der Waals surface area contributed by atoms with Crippen LogP contribution in [0, 0.1) is 0 Å². The zero-order valence-electron chi connectivity index (χ0n) is 15.5. The van der Waals surface area contributed by atoms with Gasteiger partial charge in [0, 0.05) is 15.7 Å². The number of halogens is 2. The van der Waals surface area contributed by atoms with E-state index < -0.39 is 0 Å². The Balaban J connectivity index is 1.62. The number of fused-ring (bicyclic) bond motifs is 1. The van der Waals surface area contributed by atoms with Crippen molar-refractivity contribution in [1.82, 2.24) is 9.55 Å². The number of anilines is 1. The topological polar surface area (TPSA) is 77.1 Å². The minimum absolute atomic E-state index is 0.0587. The summed E-state index contributed by atoms with van der Waals surface area (Å²) < 4.78 is 6.88. The molecule has 6 nitrogen and oxygen atoms in total. The van der Waals surface area contributed by atoms with Gasteiger partial charge in [-0.2, -0.15) is 0 Å². The standard InChI is InChI=1S/C21H15Cl2N3O3S/c22-13-3-1-4-15(9-13)24-19(27)12-30-21-25-18-10-14(23)6-7-17(18)20(28)26(21)11-16-5-2-8-29-16/h1-10H,11-12H2,(H,24,27). The largest absolute Gasteiger partial charge is 0.467 e. The Morgan fingerprint density at radius 3 is 2.70 bits per heavy atom. The minimum Gasteiger partial charge on any atom is -0.467 e. The van der Waals surface area contributed by atoms with E-state index in [-0.39, 0.29) is 23.8 Å². The van der Waals surface area contributed by atoms with Gasteiger partial charge in [-0.15, -0.1) is 0 Å². The van der Waals surface area contributed by atoms with E-state index in [4.69, 9.17) is 27.6 Å². The highest BCUT2D eigenvalue weighted by Crippen LogP contribution is 2.22. The van der Waals surface area contributed by atoms with Crippen molar-refractivity contribution in [3.05, 3.63) is 87.0 Å². The molecule has 4 aromatic rings. The second-order valence-corrected chi connectivity index (χ2v) is 8.19. The lowest BCUT2D eigenvalue weighted by atomic mass is 10.2. The van der Waals surface area contributed by atoms with Crippen LogP contribution in [0.15, 0.2) is 75.2 Å². The summed E-state index contributed by atoms with van der Waals surface area (Å²) in [5, 5.41) is 4.63. The molecule has 0 saturated carbocycles. The van der Waals surface area contributed by atoms with Gasteiger partial charge in [0.15, 0.2) is 5.16 Å². The summed E-state index contributed by atoms with van der Waals surface area (Å²) in [6.07, 6.45) is 1.54. The molecule has 2 aromatic carbocycles. The third-order valence-electron chi connectivity index (χ3n) is 4.22. The van der Waals surface area contributed by atoms with Gasteiger partial charge in [-0.25, -0.2) is 4.98 Å². The highest BCUT2D eigenvalue weighted by atomic mass is 35.5. The molecule has 2 heterocycles. The lowest BCUT2D eigenvalue weighted by Crippen LogP contribution is -2.24. The van der Waals surface area contributed by atoms with Gasteiger partial charge in [-0.05, 0) is 48.5 Å². The Morgan fingerprint density at radius 1 is 1.10 bits per heavy atom. The van der Waals surface area contributed by atoms with E-state index in [1.54, 1.807) is 60.9 Å². The number of hydrogen-bond donors (Lipinski definition) is 1. The quantitative estimate of drug-likeness (QED) is 0.321. The molecule has 1 amide bonds. The summed E-state index contributed by atoms with van der Waals surface area (Å²) in [6.45, 7) is 0.204. The van der Waals surface area contributed by atoms with Gasteiger partial charge in [0.2, 0.25) is 5.91 Å². The molecule has 2 aromatic heterocycles. The fourth-order valence-corrected chi connectivity index (χ4v) is 4.03. The first-order valence-corrected chi connectivity index (χ1v) is 10.6. The fourth-order valence-electron chi connectivity index (χ4n) is 2.88. The van der Waals surface area contributed by atoms with Crippen LogP contribution in [0.2, 0.25) is 10.0 Å². The zero-order chi connectivity index (χ0) is 21.1. The molecule has 0 bridgehead atoms. The van der Waals surface area contributed by atoms with E-state index in [9.17, 15) is 9.59 Å². The van der Waals surface area contributed by atoms with E-state index in [1.165, 1.54) is 4.57 Å². The summed E-state index contributed by atoms with van der Waals surface area (Å²) in [4.78, 5) is 30.0. The van der Waals surface area contributed by atoms with Crippen LogP contribution in [0.25, 0.3) is 10.9 Å². The van der Waals surface area contributed by atoms with Crippen molar-refractivity contribution in [3.63, 3.8) is 0 Å². The third kappa shape index (κ3) is 4.70. The molecular formula is C21H15Cl2N3O3S. The predicted octanol–water partition coefficient (Wildman–Crippen LogP) is 5.08. The van der Waals surface area contributed by atoms with Crippen molar-refractivity contribution < 1.29 is 9.21 Å². The van der Waals surface area contributed by atoms with Crippen molar-refractivity contribution in [2.75, 3.05) is 11.1 Å². The molecular weight excluding hydrogens is 445 g/mol. The first kappa shape index (κ1) is 20.5. The van der Waals surface area contributed by atoms with Crippen LogP contribution in [-0.2, 0) is 11.3 Å². The molecule has 152 valence electrons. The second-order valence-electron chi connectivity index (χ2n) is 6.37. The average Bonchev–Trinajstić information content (AvgIpc) is 3.22. The number of hydrogen-bond acceptors (Lipinski definition) is 5. The van der Waals surface area contributed by atoms with E-state index in [2.05, 4.69) is 10.3 Å². The molecule has 0 aliphatic carbocycles. The number of carbonyl (C=O) groups excluding carboxylic acids is 1. The molecule has 0 atom stereocenters. The molecule has 0 aliphatic heterocycles. The van der Waals surface area contributed by atoms with Crippen LogP contribution in [0.3, 0.4) is 0 Å². The number of rotatable bonds is 6. The monoisotopic (exact) mass is 459 g/mol. The number of thioether (sulfide) groups is 1. The molecule has 0 spiro atoms. The van der Waals surface area contributed by atoms with E-state index in [1.807, 2.05) is 0 Å². The summed E-state index contributed by atoms with van der Waals surface area (Å²) in [7, 11) is 0. The van der Waals surface area contributed by atoms with Crippen LogP contribution < -0.4 is 10.9 Å². The van der Waals surface area contributed by atoms with Gasteiger partial charge in [0.1, 0.15) is 5.76 Å². The normalized spacial score (nSPS) is 11.0. The molecule has 4 rings (SSSR count). The maximum Gasteiger partial charge on any atom is 0.262 e.